The van der Waals surface area contributed by atoms with Crippen LogP contribution in [0.15, 0.2) is 47.6 Å². The Morgan fingerprint density at radius 1 is 1.12 bits per heavy atom. The maximum absolute atomic E-state index is 14.9. The zero-order chi connectivity index (χ0) is 29.6. The zero-order valence-electron chi connectivity index (χ0n) is 21.9. The number of hydrogen-bond acceptors (Lipinski definition) is 8. The number of pyridine rings is 1. The predicted molar refractivity (Wildman–Crippen MR) is 141 cm³/mol. The van der Waals surface area contributed by atoms with Crippen molar-refractivity contribution in [1.82, 2.24) is 20.2 Å². The Morgan fingerprint density at radius 2 is 1.85 bits per heavy atom. The summed E-state index contributed by atoms with van der Waals surface area (Å²) >= 11 is 0.707. The highest BCUT2D eigenvalue weighted by Crippen LogP contribution is 2.39. The highest BCUT2D eigenvalue weighted by Gasteiger charge is 2.34. The quantitative estimate of drug-likeness (QED) is 0.0876. The number of nitrogens with one attached hydrogen (secondary N) is 2. The van der Waals surface area contributed by atoms with Crippen LogP contribution in [0, 0.1) is 5.82 Å². The van der Waals surface area contributed by atoms with Crippen LogP contribution < -0.4 is 10.6 Å². The second kappa shape index (κ2) is 12.7. The molecule has 0 bridgehead atoms. The van der Waals surface area contributed by atoms with Crippen LogP contribution in [0.4, 0.5) is 28.2 Å². The molecule has 0 aliphatic rings. The van der Waals surface area contributed by atoms with Crippen LogP contribution in [0.3, 0.4) is 0 Å². The number of rotatable bonds is 9. The fourth-order valence-electron chi connectivity index (χ4n) is 3.46. The van der Waals surface area contributed by atoms with Crippen LogP contribution in [-0.4, -0.2) is 59.9 Å². The zero-order valence-corrected chi connectivity index (χ0v) is 22.7. The SMILES string of the molecule is CCNC(=O)Nc1cc(-c2nc(C(F)(F)F)cs2)c(-c2ccc(F)c(C(=O)/C(=C/N(C)C)C(=O)OCC)c2)cn1. The fraction of sp³-hybridized carbons (Fsp3) is 0.269. The van der Waals surface area contributed by atoms with Gasteiger partial charge in [-0.3, -0.25) is 10.1 Å². The van der Waals surface area contributed by atoms with E-state index >= 15 is 0 Å². The number of halogens is 4. The molecule has 2 amide bonds. The molecule has 0 spiro atoms. The average molecular weight is 580 g/mol. The number of ketones is 1. The number of aromatic nitrogens is 2. The summed E-state index contributed by atoms with van der Waals surface area (Å²) in [6.45, 7) is 3.56. The van der Waals surface area contributed by atoms with E-state index in [0.29, 0.717) is 17.9 Å². The molecular weight excluding hydrogens is 554 g/mol. The lowest BCUT2D eigenvalue weighted by molar-refractivity contribution is -0.140. The van der Waals surface area contributed by atoms with Gasteiger partial charge in [-0.25, -0.2) is 23.9 Å². The summed E-state index contributed by atoms with van der Waals surface area (Å²) in [5.41, 5.74) is -1.46. The van der Waals surface area contributed by atoms with Crippen LogP contribution in [0.5, 0.6) is 0 Å². The van der Waals surface area contributed by atoms with Gasteiger partial charge in [-0.15, -0.1) is 11.3 Å². The highest BCUT2D eigenvalue weighted by molar-refractivity contribution is 7.13. The summed E-state index contributed by atoms with van der Waals surface area (Å²) in [6, 6.07) is 4.20. The smallest absolute Gasteiger partial charge is 0.434 e. The van der Waals surface area contributed by atoms with Gasteiger partial charge in [0.05, 0.1) is 12.2 Å². The van der Waals surface area contributed by atoms with Crippen molar-refractivity contribution < 1.29 is 36.7 Å². The van der Waals surface area contributed by atoms with E-state index in [0.717, 1.165) is 17.5 Å². The first kappa shape index (κ1) is 30.2. The molecular formula is C26H25F4N5O4S. The molecule has 0 aliphatic heterocycles. The monoisotopic (exact) mass is 579 g/mol. The van der Waals surface area contributed by atoms with Crippen molar-refractivity contribution in [2.45, 2.75) is 20.0 Å². The van der Waals surface area contributed by atoms with Crippen molar-refractivity contribution in [3.63, 3.8) is 0 Å². The molecule has 40 heavy (non-hydrogen) atoms. The lowest BCUT2D eigenvalue weighted by atomic mass is 9.96. The van der Waals surface area contributed by atoms with E-state index in [2.05, 4.69) is 20.6 Å². The Morgan fingerprint density at radius 3 is 2.45 bits per heavy atom. The van der Waals surface area contributed by atoms with Gasteiger partial charge in [0.2, 0.25) is 5.78 Å². The topological polar surface area (TPSA) is 114 Å². The first-order valence-electron chi connectivity index (χ1n) is 11.8. The Balaban J connectivity index is 2.16. The molecule has 0 atom stereocenters. The molecule has 0 saturated heterocycles. The molecule has 1 aromatic carbocycles. The molecule has 0 unspecified atom stereocenters. The summed E-state index contributed by atoms with van der Waals surface area (Å²) in [6.07, 6.45) is -2.23. The van der Waals surface area contributed by atoms with Crippen LogP contribution >= 0.6 is 11.3 Å². The number of anilines is 1. The van der Waals surface area contributed by atoms with Gasteiger partial charge >= 0.3 is 18.2 Å². The van der Waals surface area contributed by atoms with Crippen molar-refractivity contribution in [1.29, 1.82) is 0 Å². The minimum atomic E-state index is -4.69. The molecule has 212 valence electrons. The van der Waals surface area contributed by atoms with Crippen LogP contribution in [0.25, 0.3) is 21.7 Å². The molecule has 3 aromatic rings. The number of alkyl halides is 3. The Kier molecular flexibility index (Phi) is 9.58. The van der Waals surface area contributed by atoms with E-state index in [1.165, 1.54) is 29.4 Å². The third-order valence-corrected chi connectivity index (χ3v) is 6.03. The molecule has 2 heterocycles. The molecule has 3 rings (SSSR count). The molecule has 0 radical (unpaired) electrons. The number of carbonyl (C=O) groups is 3. The number of benzene rings is 1. The van der Waals surface area contributed by atoms with Gasteiger partial charge in [-0.2, -0.15) is 13.2 Å². The number of thiazole rings is 1. The lowest BCUT2D eigenvalue weighted by Crippen LogP contribution is -2.28. The number of urea groups is 1. The third-order valence-electron chi connectivity index (χ3n) is 5.16. The number of amides is 2. The number of esters is 1. The maximum Gasteiger partial charge on any atom is 0.434 e. The lowest BCUT2D eigenvalue weighted by Gasteiger charge is -2.14. The van der Waals surface area contributed by atoms with Crippen molar-refractivity contribution in [3.05, 3.63) is 64.7 Å². The van der Waals surface area contributed by atoms with Gasteiger partial charge in [-0.1, -0.05) is 6.07 Å². The average Bonchev–Trinajstić information content (AvgIpc) is 3.38. The van der Waals surface area contributed by atoms with Crippen LogP contribution in [0.2, 0.25) is 0 Å². The van der Waals surface area contributed by atoms with Crippen LogP contribution in [-0.2, 0) is 15.7 Å². The van der Waals surface area contributed by atoms with E-state index in [4.69, 9.17) is 4.74 Å². The van der Waals surface area contributed by atoms with Gasteiger partial charge in [0.1, 0.15) is 22.2 Å². The number of Topliss-reactive ketones (excluding diaryl/α,β-unsaturated/α-hetero) is 1. The van der Waals surface area contributed by atoms with Gasteiger partial charge in [0.25, 0.3) is 0 Å². The molecule has 14 heteroatoms. The molecule has 0 aliphatic carbocycles. The molecule has 0 saturated carbocycles. The van der Waals surface area contributed by atoms with Gasteiger partial charge in [-0.05, 0) is 37.6 Å². The van der Waals surface area contributed by atoms with Crippen molar-refractivity contribution >= 4 is 34.9 Å². The van der Waals surface area contributed by atoms with E-state index in [9.17, 15) is 31.9 Å². The Labute approximate surface area is 230 Å². The second-order valence-corrected chi connectivity index (χ2v) is 9.24. The molecule has 0 fully saturated rings. The molecule has 2 N–H and O–H groups in total. The minimum absolute atomic E-state index is 0.0151. The fourth-order valence-corrected chi connectivity index (χ4v) is 4.32. The van der Waals surface area contributed by atoms with Gasteiger partial charge in [0, 0.05) is 49.5 Å². The third kappa shape index (κ3) is 7.20. The largest absolute Gasteiger partial charge is 0.462 e. The number of hydrogen-bond donors (Lipinski definition) is 2. The van der Waals surface area contributed by atoms with Crippen LogP contribution in [0.1, 0.15) is 29.9 Å². The minimum Gasteiger partial charge on any atom is -0.462 e. The number of carbonyl (C=O) groups excluding carboxylic acids is 3. The Hall–Kier alpha value is -4.33. The number of ether oxygens (including phenoxy) is 1. The van der Waals surface area contributed by atoms with E-state index in [-0.39, 0.29) is 34.1 Å². The normalized spacial score (nSPS) is 11.7. The van der Waals surface area contributed by atoms with Gasteiger partial charge < -0.3 is 15.0 Å². The summed E-state index contributed by atoms with van der Waals surface area (Å²) in [5, 5.41) is 5.78. The first-order chi connectivity index (χ1) is 18.8. The maximum atomic E-state index is 14.9. The van der Waals surface area contributed by atoms with Gasteiger partial charge in [0.15, 0.2) is 5.69 Å². The number of nitrogens with zero attached hydrogens (tertiary/aromatic N) is 3. The highest BCUT2D eigenvalue weighted by atomic mass is 32.1. The summed E-state index contributed by atoms with van der Waals surface area (Å²) in [4.78, 5) is 47.0. The molecule has 2 aromatic heterocycles. The summed E-state index contributed by atoms with van der Waals surface area (Å²) in [5.74, 6) is -2.81. The van der Waals surface area contributed by atoms with Crippen molar-refractivity contribution in [2.75, 3.05) is 32.6 Å². The van der Waals surface area contributed by atoms with Crippen molar-refractivity contribution in [2.24, 2.45) is 0 Å². The Bertz CT molecular complexity index is 1450. The second-order valence-electron chi connectivity index (χ2n) is 8.39. The van der Waals surface area contributed by atoms with E-state index in [1.807, 2.05) is 0 Å². The van der Waals surface area contributed by atoms with Crippen molar-refractivity contribution in [3.8, 4) is 21.7 Å². The first-order valence-corrected chi connectivity index (χ1v) is 12.7. The standard InChI is InChI=1S/C26H25F4N5O4S/c1-5-31-25(38)34-21-10-15(23-33-20(13-40-23)26(28,29)30)17(11-32-21)14-7-8-19(27)16(9-14)22(36)18(12-35(3)4)24(37)39-6-2/h7-13H,5-6H2,1-4H3,(H2,31,32,34,38)/b18-12-. The predicted octanol–water partition coefficient (Wildman–Crippen LogP) is 5.36. The molecule has 9 nitrogen and oxygen atoms in total. The summed E-state index contributed by atoms with van der Waals surface area (Å²) < 4.78 is 59.7. The van der Waals surface area contributed by atoms with E-state index in [1.54, 1.807) is 27.9 Å². The summed E-state index contributed by atoms with van der Waals surface area (Å²) in [7, 11) is 3.13. The van der Waals surface area contributed by atoms with E-state index < -0.39 is 46.6 Å².